The molecule has 1 aliphatic heterocycles. The minimum Gasteiger partial charge on any atom is -0.357 e. The van der Waals surface area contributed by atoms with Crippen LogP contribution in [0.2, 0.25) is 0 Å². The van der Waals surface area contributed by atoms with E-state index in [0.29, 0.717) is 19.0 Å². The Hall–Kier alpha value is -2.50. The Morgan fingerprint density at radius 1 is 1.25 bits per heavy atom. The number of carbonyl (C=O) groups excluding carboxylic acids is 1. The van der Waals surface area contributed by atoms with E-state index in [1.54, 1.807) is 0 Å². The molecule has 2 aromatic rings. The third-order valence-corrected chi connectivity index (χ3v) is 4.20. The molecule has 1 saturated heterocycles. The van der Waals surface area contributed by atoms with Gasteiger partial charge in [0.25, 0.3) is 0 Å². The summed E-state index contributed by atoms with van der Waals surface area (Å²) < 4.78 is 0. The number of aromatic amines is 1. The summed E-state index contributed by atoms with van der Waals surface area (Å²) in [6, 6.07) is 10.3. The number of hydrogen-bond donors (Lipinski definition) is 3. The number of benzene rings is 1. The van der Waals surface area contributed by atoms with Crippen molar-refractivity contribution in [1.82, 2.24) is 20.5 Å². The number of hydrogen-bond acceptors (Lipinski definition) is 2. The monoisotopic (exact) mass is 327 g/mol. The predicted octanol–water partition coefficient (Wildman–Crippen LogP) is 1.85. The molecule has 0 atom stereocenters. The van der Waals surface area contributed by atoms with E-state index in [-0.39, 0.29) is 5.91 Å². The van der Waals surface area contributed by atoms with E-state index in [1.165, 1.54) is 5.39 Å². The van der Waals surface area contributed by atoms with Gasteiger partial charge in [0.1, 0.15) is 0 Å². The van der Waals surface area contributed by atoms with Gasteiger partial charge < -0.3 is 20.5 Å². The second kappa shape index (κ2) is 7.86. The number of aromatic nitrogens is 1. The Labute approximate surface area is 142 Å². The van der Waals surface area contributed by atoms with E-state index in [2.05, 4.69) is 38.8 Å². The highest BCUT2D eigenvalue weighted by Gasteiger charge is 2.17. The van der Waals surface area contributed by atoms with Gasteiger partial charge in [0.05, 0.1) is 13.1 Å². The zero-order valence-electron chi connectivity index (χ0n) is 14.1. The second-order valence-electron chi connectivity index (χ2n) is 6.02. The molecule has 0 bridgehead atoms. The molecular formula is C18H25N5O. The van der Waals surface area contributed by atoms with Crippen molar-refractivity contribution in [1.29, 1.82) is 0 Å². The van der Waals surface area contributed by atoms with E-state index >= 15 is 0 Å². The van der Waals surface area contributed by atoms with Crippen molar-refractivity contribution >= 4 is 22.8 Å². The molecular weight excluding hydrogens is 302 g/mol. The van der Waals surface area contributed by atoms with Crippen LogP contribution in [-0.2, 0) is 11.3 Å². The molecule has 0 spiro atoms. The molecule has 0 saturated carbocycles. The van der Waals surface area contributed by atoms with Gasteiger partial charge in [-0.05, 0) is 37.3 Å². The van der Waals surface area contributed by atoms with E-state index in [9.17, 15) is 4.79 Å². The van der Waals surface area contributed by atoms with E-state index in [0.717, 1.165) is 43.7 Å². The first-order chi connectivity index (χ1) is 11.8. The summed E-state index contributed by atoms with van der Waals surface area (Å²) in [6.45, 7) is 5.37. The molecule has 6 nitrogen and oxygen atoms in total. The first-order valence-corrected chi connectivity index (χ1v) is 8.63. The highest BCUT2D eigenvalue weighted by Crippen LogP contribution is 2.15. The van der Waals surface area contributed by atoms with Gasteiger partial charge in [0.15, 0.2) is 5.96 Å². The summed E-state index contributed by atoms with van der Waals surface area (Å²) in [5, 5.41) is 7.51. The lowest BCUT2D eigenvalue weighted by Gasteiger charge is -2.17. The van der Waals surface area contributed by atoms with Gasteiger partial charge in [-0.2, -0.15) is 0 Å². The third-order valence-electron chi connectivity index (χ3n) is 4.20. The number of carbonyl (C=O) groups is 1. The van der Waals surface area contributed by atoms with Crippen molar-refractivity contribution in [2.75, 3.05) is 26.2 Å². The van der Waals surface area contributed by atoms with Crippen LogP contribution in [-0.4, -0.2) is 47.9 Å². The predicted molar refractivity (Wildman–Crippen MR) is 96.9 cm³/mol. The molecule has 6 heteroatoms. The van der Waals surface area contributed by atoms with Crippen LogP contribution in [0.1, 0.15) is 25.5 Å². The van der Waals surface area contributed by atoms with Crippen molar-refractivity contribution in [2.24, 2.45) is 4.99 Å². The number of likely N-dealkylation sites (tertiary alicyclic amines) is 1. The van der Waals surface area contributed by atoms with Gasteiger partial charge in [-0.25, -0.2) is 4.99 Å². The van der Waals surface area contributed by atoms with Gasteiger partial charge in [-0.15, -0.1) is 0 Å². The van der Waals surface area contributed by atoms with Crippen LogP contribution < -0.4 is 10.6 Å². The molecule has 2 heterocycles. The zero-order chi connectivity index (χ0) is 16.8. The van der Waals surface area contributed by atoms with E-state index in [1.807, 2.05) is 24.0 Å². The van der Waals surface area contributed by atoms with Crippen molar-refractivity contribution < 1.29 is 4.79 Å². The van der Waals surface area contributed by atoms with Crippen LogP contribution in [0.25, 0.3) is 10.9 Å². The largest absolute Gasteiger partial charge is 0.357 e. The maximum atomic E-state index is 12.1. The molecule has 1 fully saturated rings. The lowest BCUT2D eigenvalue weighted by molar-refractivity contribution is -0.128. The van der Waals surface area contributed by atoms with Crippen LogP contribution in [0, 0.1) is 0 Å². The highest BCUT2D eigenvalue weighted by molar-refractivity contribution is 5.86. The number of para-hydroxylation sites is 1. The molecule has 0 unspecified atom stereocenters. The minimum atomic E-state index is 0.142. The minimum absolute atomic E-state index is 0.142. The maximum Gasteiger partial charge on any atom is 0.241 e. The van der Waals surface area contributed by atoms with E-state index < -0.39 is 0 Å². The molecule has 0 radical (unpaired) electrons. The summed E-state index contributed by atoms with van der Waals surface area (Å²) in [4.78, 5) is 22.0. The zero-order valence-corrected chi connectivity index (χ0v) is 14.1. The molecule has 24 heavy (non-hydrogen) atoms. The van der Waals surface area contributed by atoms with Gasteiger partial charge in [-0.1, -0.05) is 18.2 Å². The average molecular weight is 327 g/mol. The number of rotatable bonds is 5. The molecule has 3 rings (SSSR count). The number of nitrogens with one attached hydrogen (secondary N) is 3. The quantitative estimate of drug-likeness (QED) is 0.580. The summed E-state index contributed by atoms with van der Waals surface area (Å²) in [6.07, 6.45) is 2.22. The summed E-state index contributed by atoms with van der Waals surface area (Å²) in [5.41, 5.74) is 2.17. The van der Waals surface area contributed by atoms with Crippen LogP contribution in [0.15, 0.2) is 35.3 Å². The first kappa shape index (κ1) is 16.4. The van der Waals surface area contributed by atoms with Crippen molar-refractivity contribution in [3.8, 4) is 0 Å². The lowest BCUT2D eigenvalue weighted by atomic mass is 10.2. The first-order valence-electron chi connectivity index (χ1n) is 8.63. The van der Waals surface area contributed by atoms with Gasteiger partial charge in [0, 0.05) is 30.8 Å². The fourth-order valence-electron chi connectivity index (χ4n) is 2.96. The topological polar surface area (TPSA) is 72.5 Å². The molecule has 128 valence electrons. The number of aliphatic imine (C=N–C) groups is 1. The Morgan fingerprint density at radius 3 is 2.79 bits per heavy atom. The third kappa shape index (κ3) is 4.07. The standard InChI is InChI=1S/C18H25N5O/c1-2-19-18(21-13-17(24)23-9-5-6-10-23)20-12-15-11-14-7-3-4-8-16(14)22-15/h3-4,7-8,11,22H,2,5-6,9-10,12-13H2,1H3,(H2,19,20,21). The SMILES string of the molecule is CCNC(=NCc1cc2ccccc2[nH]1)NCC(=O)N1CCCC1. The molecule has 1 aromatic carbocycles. The van der Waals surface area contributed by atoms with Crippen molar-refractivity contribution in [2.45, 2.75) is 26.3 Å². The number of H-pyrrole nitrogens is 1. The fraction of sp³-hybridized carbons (Fsp3) is 0.444. The highest BCUT2D eigenvalue weighted by atomic mass is 16.2. The normalized spacial score (nSPS) is 15.0. The summed E-state index contributed by atoms with van der Waals surface area (Å²) >= 11 is 0. The van der Waals surface area contributed by atoms with Crippen LogP contribution in [0.3, 0.4) is 0 Å². The second-order valence-corrected chi connectivity index (χ2v) is 6.02. The number of fused-ring (bicyclic) bond motifs is 1. The van der Waals surface area contributed by atoms with Crippen molar-refractivity contribution in [3.63, 3.8) is 0 Å². The number of amides is 1. The van der Waals surface area contributed by atoms with Gasteiger partial charge in [0.2, 0.25) is 5.91 Å². The molecule has 1 aliphatic rings. The number of guanidine groups is 1. The molecule has 1 amide bonds. The molecule has 3 N–H and O–H groups in total. The fourth-order valence-corrected chi connectivity index (χ4v) is 2.96. The Morgan fingerprint density at radius 2 is 2.04 bits per heavy atom. The Bertz CT molecular complexity index is 682. The Balaban J connectivity index is 1.59. The van der Waals surface area contributed by atoms with Crippen molar-refractivity contribution in [3.05, 3.63) is 36.0 Å². The molecule has 1 aromatic heterocycles. The summed E-state index contributed by atoms with van der Waals surface area (Å²) in [7, 11) is 0. The van der Waals surface area contributed by atoms with Crippen LogP contribution in [0.5, 0.6) is 0 Å². The van der Waals surface area contributed by atoms with Gasteiger partial charge >= 0.3 is 0 Å². The Kier molecular flexibility index (Phi) is 5.36. The lowest BCUT2D eigenvalue weighted by Crippen LogP contribution is -2.44. The number of nitrogens with zero attached hydrogens (tertiary/aromatic N) is 2. The van der Waals surface area contributed by atoms with Crippen LogP contribution >= 0.6 is 0 Å². The average Bonchev–Trinajstić information content (AvgIpc) is 3.26. The van der Waals surface area contributed by atoms with Gasteiger partial charge in [-0.3, -0.25) is 4.79 Å². The van der Waals surface area contributed by atoms with E-state index in [4.69, 9.17) is 0 Å². The van der Waals surface area contributed by atoms with Crippen LogP contribution in [0.4, 0.5) is 0 Å². The smallest absolute Gasteiger partial charge is 0.241 e. The summed E-state index contributed by atoms with van der Waals surface area (Å²) in [5.74, 6) is 0.812. The molecule has 0 aliphatic carbocycles. The maximum absolute atomic E-state index is 12.1.